The van der Waals surface area contributed by atoms with Gasteiger partial charge in [0.1, 0.15) is 0 Å². The Morgan fingerprint density at radius 1 is 0.688 bits per heavy atom. The van der Waals surface area contributed by atoms with Gasteiger partial charge in [-0.15, -0.1) is 0 Å². The molecule has 3 heterocycles. The maximum absolute atomic E-state index is 2.30. The molecule has 84 valence electrons. The highest BCUT2D eigenvalue weighted by atomic mass is 35.5. The highest BCUT2D eigenvalue weighted by Gasteiger charge is 2.27. The lowest BCUT2D eigenvalue weighted by atomic mass is 10.2. The predicted molar refractivity (Wildman–Crippen MR) is 52.3 cm³/mol. The number of fused-ring (bicyclic) bond motifs is 3. The summed E-state index contributed by atoms with van der Waals surface area (Å²) in [6, 6.07) is 12.7. The summed E-state index contributed by atoms with van der Waals surface area (Å²) in [6.45, 7) is 2.13. The van der Waals surface area contributed by atoms with Crippen LogP contribution in [0.25, 0.3) is 11.4 Å². The molecule has 0 N–H and O–H groups in total. The Hall–Kier alpha value is -1.12. The van der Waals surface area contributed by atoms with E-state index in [9.17, 15) is 0 Å². The van der Waals surface area contributed by atoms with E-state index in [4.69, 9.17) is 0 Å². The normalized spacial score (nSPS) is 11.5. The Bertz CT molecular complexity index is 440. The van der Waals surface area contributed by atoms with E-state index in [0.717, 1.165) is 13.1 Å². The molecular formula is C12H12Cl2N2. The van der Waals surface area contributed by atoms with Crippen molar-refractivity contribution in [3.8, 4) is 11.4 Å². The standard InChI is InChI=1S/C12H12N2.2ClH/c1-3-7-13-9-10-14-8-4-2-6-12(14)11(13)5-1;;/h1-8H,9-10H2;2*1H/q+2;;/p-2. The fraction of sp³-hybridized carbons (Fsp3) is 0.167. The van der Waals surface area contributed by atoms with Gasteiger partial charge in [-0.3, -0.25) is 0 Å². The van der Waals surface area contributed by atoms with Gasteiger partial charge in [0, 0.05) is 24.3 Å². The number of aromatic nitrogens is 2. The first-order valence-electron chi connectivity index (χ1n) is 4.92. The molecule has 1 aliphatic rings. The lowest BCUT2D eigenvalue weighted by Crippen LogP contribution is -3.00. The molecule has 4 heteroatoms. The van der Waals surface area contributed by atoms with Gasteiger partial charge in [0.15, 0.2) is 12.4 Å². The van der Waals surface area contributed by atoms with Crippen molar-refractivity contribution in [1.82, 2.24) is 0 Å². The van der Waals surface area contributed by atoms with E-state index in [2.05, 4.69) is 57.9 Å². The van der Waals surface area contributed by atoms with Crippen LogP contribution in [0.15, 0.2) is 48.8 Å². The summed E-state index contributed by atoms with van der Waals surface area (Å²) in [5.74, 6) is 0. The second-order valence-corrected chi connectivity index (χ2v) is 3.56. The zero-order valence-electron chi connectivity index (χ0n) is 8.68. The van der Waals surface area contributed by atoms with Crippen molar-refractivity contribution in [3.63, 3.8) is 0 Å². The van der Waals surface area contributed by atoms with Crippen LogP contribution in [-0.4, -0.2) is 0 Å². The van der Waals surface area contributed by atoms with Crippen LogP contribution in [0.5, 0.6) is 0 Å². The van der Waals surface area contributed by atoms with Crippen molar-refractivity contribution in [2.24, 2.45) is 0 Å². The zero-order chi connectivity index (χ0) is 9.38. The molecule has 0 amide bonds. The van der Waals surface area contributed by atoms with Gasteiger partial charge < -0.3 is 24.8 Å². The van der Waals surface area contributed by atoms with Gasteiger partial charge in [-0.25, -0.2) is 0 Å². The minimum absolute atomic E-state index is 0. The van der Waals surface area contributed by atoms with Crippen molar-refractivity contribution in [1.29, 1.82) is 0 Å². The van der Waals surface area contributed by atoms with Crippen molar-refractivity contribution in [2.75, 3.05) is 0 Å². The van der Waals surface area contributed by atoms with E-state index in [1.54, 1.807) is 0 Å². The third-order valence-corrected chi connectivity index (χ3v) is 2.73. The lowest BCUT2D eigenvalue weighted by molar-refractivity contribution is -0.794. The molecule has 0 unspecified atom stereocenters. The Morgan fingerprint density at radius 3 is 1.56 bits per heavy atom. The molecule has 0 atom stereocenters. The fourth-order valence-corrected chi connectivity index (χ4v) is 2.02. The number of rotatable bonds is 0. The summed E-state index contributed by atoms with van der Waals surface area (Å²) >= 11 is 0. The molecule has 2 aromatic heterocycles. The van der Waals surface area contributed by atoms with Gasteiger partial charge in [0.2, 0.25) is 13.1 Å². The van der Waals surface area contributed by atoms with Crippen LogP contribution in [0.1, 0.15) is 0 Å². The average Bonchev–Trinajstić information content (AvgIpc) is 2.29. The van der Waals surface area contributed by atoms with Gasteiger partial charge in [-0.2, -0.15) is 9.13 Å². The molecule has 0 saturated heterocycles. The monoisotopic (exact) mass is 254 g/mol. The summed E-state index contributed by atoms with van der Waals surface area (Å²) in [4.78, 5) is 0. The minimum Gasteiger partial charge on any atom is -1.00 e. The summed E-state index contributed by atoms with van der Waals surface area (Å²) in [7, 11) is 0. The Morgan fingerprint density at radius 2 is 1.12 bits per heavy atom. The predicted octanol–water partition coefficient (Wildman–Crippen LogP) is -5.05. The topological polar surface area (TPSA) is 7.76 Å². The number of pyridine rings is 2. The zero-order valence-corrected chi connectivity index (χ0v) is 10.2. The highest BCUT2D eigenvalue weighted by molar-refractivity contribution is 5.46. The van der Waals surface area contributed by atoms with E-state index < -0.39 is 0 Å². The first-order valence-corrected chi connectivity index (χ1v) is 4.92. The Kier molecular flexibility index (Phi) is 4.27. The lowest BCUT2D eigenvalue weighted by Gasteiger charge is -2.08. The second-order valence-electron chi connectivity index (χ2n) is 3.56. The summed E-state index contributed by atoms with van der Waals surface area (Å²) in [6.07, 6.45) is 4.29. The number of aryl methyl sites for hydroxylation is 2. The number of hydrogen-bond donors (Lipinski definition) is 0. The van der Waals surface area contributed by atoms with Gasteiger partial charge in [-0.05, 0) is 12.1 Å². The van der Waals surface area contributed by atoms with Crippen LogP contribution in [0, 0.1) is 0 Å². The molecular weight excluding hydrogens is 243 g/mol. The molecule has 0 aromatic carbocycles. The third kappa shape index (κ3) is 2.04. The third-order valence-electron chi connectivity index (χ3n) is 2.73. The van der Waals surface area contributed by atoms with E-state index in [1.165, 1.54) is 11.4 Å². The molecule has 2 aromatic rings. The molecule has 1 aliphatic heterocycles. The smallest absolute Gasteiger partial charge is 0.277 e. The largest absolute Gasteiger partial charge is 1.00 e. The molecule has 16 heavy (non-hydrogen) atoms. The second kappa shape index (κ2) is 5.28. The Labute approximate surface area is 107 Å². The van der Waals surface area contributed by atoms with Gasteiger partial charge >= 0.3 is 0 Å². The molecule has 0 spiro atoms. The first-order chi connectivity index (χ1) is 6.95. The number of nitrogens with zero attached hydrogens (tertiary/aromatic N) is 2. The van der Waals surface area contributed by atoms with E-state index in [0.29, 0.717) is 0 Å². The van der Waals surface area contributed by atoms with E-state index in [1.807, 2.05) is 0 Å². The quantitative estimate of drug-likeness (QED) is 0.416. The maximum atomic E-state index is 2.30. The summed E-state index contributed by atoms with van der Waals surface area (Å²) in [5, 5.41) is 0. The summed E-state index contributed by atoms with van der Waals surface area (Å²) < 4.78 is 4.60. The van der Waals surface area contributed by atoms with Crippen molar-refractivity contribution < 1.29 is 33.9 Å². The minimum atomic E-state index is 0. The molecule has 0 aliphatic carbocycles. The SMILES string of the molecule is [Cl-].[Cl-].c1cc[n+]2c(c1)-c1cccc[n+]1CC2. The average molecular weight is 255 g/mol. The number of hydrogen-bond acceptors (Lipinski definition) is 0. The molecule has 0 fully saturated rings. The van der Waals surface area contributed by atoms with Crippen LogP contribution < -0.4 is 33.9 Å². The number of halogens is 2. The van der Waals surface area contributed by atoms with Crippen LogP contribution >= 0.6 is 0 Å². The fourth-order valence-electron chi connectivity index (χ4n) is 2.02. The van der Waals surface area contributed by atoms with Gasteiger partial charge in [-0.1, -0.05) is 0 Å². The molecule has 2 nitrogen and oxygen atoms in total. The van der Waals surface area contributed by atoms with Crippen molar-refractivity contribution in [3.05, 3.63) is 48.8 Å². The Balaban J connectivity index is 0.000000640. The molecule has 0 radical (unpaired) electrons. The maximum Gasteiger partial charge on any atom is 0.277 e. The van der Waals surface area contributed by atoms with Crippen LogP contribution in [-0.2, 0) is 13.1 Å². The van der Waals surface area contributed by atoms with Crippen LogP contribution in [0.4, 0.5) is 0 Å². The van der Waals surface area contributed by atoms with Crippen molar-refractivity contribution >= 4 is 0 Å². The molecule has 0 saturated carbocycles. The van der Waals surface area contributed by atoms with Crippen molar-refractivity contribution in [2.45, 2.75) is 13.1 Å². The van der Waals surface area contributed by atoms with Crippen LogP contribution in [0.3, 0.4) is 0 Å². The van der Waals surface area contributed by atoms with Crippen LogP contribution in [0.2, 0.25) is 0 Å². The molecule has 3 rings (SSSR count). The molecule has 0 bridgehead atoms. The highest BCUT2D eigenvalue weighted by Crippen LogP contribution is 2.11. The van der Waals surface area contributed by atoms with Gasteiger partial charge in [0.05, 0.1) is 0 Å². The van der Waals surface area contributed by atoms with Gasteiger partial charge in [0.25, 0.3) is 11.4 Å². The van der Waals surface area contributed by atoms with E-state index in [-0.39, 0.29) is 24.8 Å². The van der Waals surface area contributed by atoms with E-state index >= 15 is 0 Å². The first kappa shape index (κ1) is 12.9. The summed E-state index contributed by atoms with van der Waals surface area (Å²) in [5.41, 5.74) is 2.61.